The molecule has 18 heavy (non-hydrogen) atoms. The number of rotatable bonds is 2. The van der Waals surface area contributed by atoms with Crippen molar-refractivity contribution in [3.05, 3.63) is 42.6 Å². The van der Waals surface area contributed by atoms with Gasteiger partial charge in [0.15, 0.2) is 0 Å². The molecule has 0 atom stereocenters. The summed E-state index contributed by atoms with van der Waals surface area (Å²) in [6, 6.07) is 2.15. The van der Waals surface area contributed by atoms with Gasteiger partial charge >= 0.3 is 116 Å². The fraction of sp³-hybridized carbons (Fsp3) is 0.154. The normalized spacial score (nSPS) is 11.2. The Hall–Kier alpha value is -1.50. The predicted octanol–water partition coefficient (Wildman–Crippen LogP) is -0.716. The van der Waals surface area contributed by atoms with Crippen LogP contribution in [0.1, 0.15) is 5.56 Å². The molecule has 0 radical (unpaired) electrons. The summed E-state index contributed by atoms with van der Waals surface area (Å²) in [6.45, 7) is 2.13. The Morgan fingerprint density at radius 2 is 2.06 bits per heavy atom. The second kappa shape index (κ2) is 4.64. The number of hydrogen-bond donors (Lipinski definition) is 0. The van der Waals surface area contributed by atoms with Gasteiger partial charge in [0.2, 0.25) is 0 Å². The maximum atomic E-state index is 4.57. The van der Waals surface area contributed by atoms with E-state index in [0.717, 1.165) is 16.9 Å². The Morgan fingerprint density at radius 1 is 1.17 bits per heavy atom. The fourth-order valence-electron chi connectivity index (χ4n) is 1.94. The van der Waals surface area contributed by atoms with E-state index in [1.807, 2.05) is 6.20 Å². The molecule has 0 aliphatic heterocycles. The van der Waals surface area contributed by atoms with Crippen LogP contribution in [0, 0.1) is 6.92 Å². The van der Waals surface area contributed by atoms with Crippen LogP contribution in [0.4, 0.5) is 0 Å². The van der Waals surface area contributed by atoms with Crippen LogP contribution in [0.25, 0.3) is 22.3 Å². The number of fused-ring (bicyclic) bond motifs is 1. The third kappa shape index (κ3) is 1.88. The van der Waals surface area contributed by atoms with E-state index in [4.69, 9.17) is 0 Å². The number of aryl methyl sites for hydroxylation is 1. The standard InChI is InChI=1S/C13H12IN4/c1-9-8-18(14-2)13-11(9)5-10(6-17-13)12-7-15-3-4-16-12/h3-8H,1-2H3/q-1. The van der Waals surface area contributed by atoms with Crippen molar-refractivity contribution < 1.29 is 21.5 Å². The molecule has 3 aromatic heterocycles. The summed E-state index contributed by atoms with van der Waals surface area (Å²) in [6.07, 6.45) is 9.21. The first-order valence-corrected chi connectivity index (χ1v) is 8.66. The van der Waals surface area contributed by atoms with Gasteiger partial charge in [-0.15, -0.1) is 0 Å². The first kappa shape index (κ1) is 11.6. The van der Waals surface area contributed by atoms with Crippen LogP contribution in [0.15, 0.2) is 37.1 Å². The quantitative estimate of drug-likeness (QED) is 0.452. The van der Waals surface area contributed by atoms with Crippen molar-refractivity contribution in [2.75, 3.05) is 4.93 Å². The van der Waals surface area contributed by atoms with Gasteiger partial charge in [0.05, 0.1) is 0 Å². The summed E-state index contributed by atoms with van der Waals surface area (Å²) in [5, 5.41) is 1.21. The van der Waals surface area contributed by atoms with E-state index in [9.17, 15) is 0 Å². The minimum absolute atomic E-state index is 0.0109. The molecular formula is C13H12IN4-. The Balaban J connectivity index is 2.20. The first-order chi connectivity index (χ1) is 8.79. The van der Waals surface area contributed by atoms with Gasteiger partial charge in [0.25, 0.3) is 0 Å². The van der Waals surface area contributed by atoms with Crippen LogP contribution in [0.2, 0.25) is 0 Å². The molecule has 5 heteroatoms. The summed E-state index contributed by atoms with van der Waals surface area (Å²) in [4.78, 5) is 15.2. The SMILES string of the molecule is C[I-]n1cc(C)c2cc(-c3cnccn3)cnc21. The van der Waals surface area contributed by atoms with Gasteiger partial charge in [-0.05, 0) is 0 Å². The molecule has 0 saturated heterocycles. The second-order valence-electron chi connectivity index (χ2n) is 3.98. The zero-order valence-corrected chi connectivity index (χ0v) is 12.3. The first-order valence-electron chi connectivity index (χ1n) is 5.54. The molecule has 0 unspecified atom stereocenters. The number of halogens is 1. The number of alkyl halides is 1. The number of pyridine rings is 1. The van der Waals surface area contributed by atoms with Gasteiger partial charge in [-0.25, -0.2) is 0 Å². The van der Waals surface area contributed by atoms with Crippen LogP contribution in [0.3, 0.4) is 0 Å². The van der Waals surface area contributed by atoms with Crippen molar-refractivity contribution in [2.45, 2.75) is 6.92 Å². The maximum absolute atomic E-state index is 4.57. The topological polar surface area (TPSA) is 43.6 Å². The molecule has 0 aliphatic rings. The summed E-state index contributed by atoms with van der Waals surface area (Å²) in [7, 11) is 0. The molecule has 0 spiro atoms. The van der Waals surface area contributed by atoms with E-state index >= 15 is 0 Å². The molecule has 0 aromatic carbocycles. The average molecular weight is 351 g/mol. The second-order valence-corrected chi connectivity index (χ2v) is 5.98. The number of nitrogens with zero attached hydrogens (tertiary/aromatic N) is 4. The van der Waals surface area contributed by atoms with Crippen LogP contribution in [0.5, 0.6) is 0 Å². The molecule has 0 N–H and O–H groups in total. The minimum atomic E-state index is -0.0109. The molecule has 0 bridgehead atoms. The molecule has 0 saturated carbocycles. The monoisotopic (exact) mass is 351 g/mol. The molecule has 4 nitrogen and oxygen atoms in total. The van der Waals surface area contributed by atoms with E-state index < -0.39 is 0 Å². The molecule has 0 fully saturated rings. The van der Waals surface area contributed by atoms with E-state index in [0.29, 0.717) is 0 Å². The van der Waals surface area contributed by atoms with Crippen molar-refractivity contribution in [3.63, 3.8) is 0 Å². The van der Waals surface area contributed by atoms with E-state index in [1.165, 1.54) is 10.9 Å². The molecular weight excluding hydrogens is 339 g/mol. The van der Waals surface area contributed by atoms with E-state index in [2.05, 4.69) is 41.8 Å². The average Bonchev–Trinajstić information content (AvgIpc) is 2.76. The molecule has 3 rings (SSSR count). The van der Waals surface area contributed by atoms with Gasteiger partial charge < -0.3 is 0 Å². The van der Waals surface area contributed by atoms with Crippen LogP contribution < -0.4 is 21.5 Å². The summed E-state index contributed by atoms with van der Waals surface area (Å²) in [5.74, 6) is 0. The summed E-state index contributed by atoms with van der Waals surface area (Å²) >= 11 is -0.0109. The van der Waals surface area contributed by atoms with Crippen LogP contribution in [-0.2, 0) is 0 Å². The third-order valence-electron chi connectivity index (χ3n) is 2.84. The van der Waals surface area contributed by atoms with Crippen molar-refractivity contribution >= 4 is 11.0 Å². The third-order valence-corrected chi connectivity index (χ3v) is 4.62. The Morgan fingerprint density at radius 3 is 2.78 bits per heavy atom. The van der Waals surface area contributed by atoms with Crippen molar-refractivity contribution in [1.29, 1.82) is 0 Å². The van der Waals surface area contributed by atoms with Gasteiger partial charge in [0.1, 0.15) is 0 Å². The zero-order valence-electron chi connectivity index (χ0n) is 10.1. The van der Waals surface area contributed by atoms with Crippen molar-refractivity contribution in [3.8, 4) is 11.3 Å². The Bertz CT molecular complexity index is 691. The molecule has 0 aliphatic carbocycles. The van der Waals surface area contributed by atoms with Crippen LogP contribution in [-0.4, -0.2) is 22.7 Å². The van der Waals surface area contributed by atoms with Gasteiger partial charge in [-0.2, -0.15) is 0 Å². The summed E-state index contributed by atoms with van der Waals surface area (Å²) < 4.78 is 2.27. The van der Waals surface area contributed by atoms with Gasteiger partial charge in [0, 0.05) is 0 Å². The van der Waals surface area contributed by atoms with E-state index in [-0.39, 0.29) is 21.5 Å². The fourth-order valence-corrected chi connectivity index (χ4v) is 3.47. The zero-order chi connectivity index (χ0) is 12.5. The van der Waals surface area contributed by atoms with Crippen LogP contribution >= 0.6 is 0 Å². The molecule has 92 valence electrons. The number of hydrogen-bond acceptors (Lipinski definition) is 3. The Labute approximate surface area is 116 Å². The van der Waals surface area contributed by atoms with Gasteiger partial charge in [-0.1, -0.05) is 0 Å². The molecule has 3 heterocycles. The van der Waals surface area contributed by atoms with Crippen molar-refractivity contribution in [2.24, 2.45) is 0 Å². The Kier molecular flexibility index (Phi) is 2.99. The predicted molar refractivity (Wildman–Crippen MR) is 66.8 cm³/mol. The van der Waals surface area contributed by atoms with E-state index in [1.54, 1.807) is 18.6 Å². The summed E-state index contributed by atoms with van der Waals surface area (Å²) in [5.41, 5.74) is 4.23. The van der Waals surface area contributed by atoms with Crippen molar-refractivity contribution in [1.82, 2.24) is 17.7 Å². The van der Waals surface area contributed by atoms with Gasteiger partial charge in [-0.3, -0.25) is 0 Å². The molecule has 3 aromatic rings. The molecule has 0 amide bonds. The number of aromatic nitrogens is 4.